The molecule has 1 aromatic carbocycles. The van der Waals surface area contributed by atoms with Crippen molar-refractivity contribution in [2.24, 2.45) is 0 Å². The molecular formula is C17H24N2O2. The number of hydrogen-bond acceptors (Lipinski definition) is 2. The molecule has 1 heterocycles. The molecule has 2 rings (SSSR count). The van der Waals surface area contributed by atoms with Crippen LogP contribution >= 0.6 is 0 Å². The van der Waals surface area contributed by atoms with Gasteiger partial charge in [0.1, 0.15) is 11.9 Å². The zero-order chi connectivity index (χ0) is 15.7. The summed E-state index contributed by atoms with van der Waals surface area (Å²) in [7, 11) is 0. The third kappa shape index (κ3) is 2.67. The lowest BCUT2D eigenvalue weighted by molar-refractivity contribution is -0.140. The Morgan fingerprint density at radius 1 is 1.24 bits per heavy atom. The molecule has 1 atom stereocenters. The number of fused-ring (bicyclic) bond motifs is 1. The third-order valence-corrected chi connectivity index (χ3v) is 4.43. The second kappa shape index (κ2) is 5.88. The highest BCUT2D eigenvalue weighted by Crippen LogP contribution is 2.31. The quantitative estimate of drug-likeness (QED) is 0.897. The van der Waals surface area contributed by atoms with Crippen molar-refractivity contribution >= 4 is 17.0 Å². The molecule has 0 saturated carbocycles. The van der Waals surface area contributed by atoms with Crippen LogP contribution in [-0.4, -0.2) is 20.6 Å². The standard InChI is InChI=1S/C17H24N2O2/c1-6-13(7-2)16-18-14-8-10(3)11(4)9-15(14)19(16)12(5)17(20)21/h8-9,12-13H,6-7H2,1-5H3,(H,20,21). The molecule has 114 valence electrons. The Labute approximate surface area is 125 Å². The number of benzene rings is 1. The molecule has 0 fully saturated rings. The molecule has 2 aromatic rings. The summed E-state index contributed by atoms with van der Waals surface area (Å²) in [5.41, 5.74) is 4.17. The maximum atomic E-state index is 11.5. The van der Waals surface area contributed by atoms with Crippen LogP contribution in [0.5, 0.6) is 0 Å². The Hall–Kier alpha value is -1.84. The minimum atomic E-state index is -0.820. The van der Waals surface area contributed by atoms with Gasteiger partial charge in [-0.2, -0.15) is 0 Å². The van der Waals surface area contributed by atoms with Crippen LogP contribution < -0.4 is 0 Å². The number of imidazole rings is 1. The molecule has 0 amide bonds. The van der Waals surface area contributed by atoms with Crippen molar-refractivity contribution in [1.82, 2.24) is 9.55 Å². The SMILES string of the molecule is CCC(CC)c1nc2cc(C)c(C)cc2n1C(C)C(=O)O. The Morgan fingerprint density at radius 2 is 1.81 bits per heavy atom. The fourth-order valence-electron chi connectivity index (χ4n) is 2.83. The van der Waals surface area contributed by atoms with E-state index in [9.17, 15) is 9.90 Å². The second-order valence-electron chi connectivity index (χ2n) is 5.79. The van der Waals surface area contributed by atoms with Crippen LogP contribution in [0.2, 0.25) is 0 Å². The fraction of sp³-hybridized carbons (Fsp3) is 0.529. The lowest BCUT2D eigenvalue weighted by Gasteiger charge is -2.18. The van der Waals surface area contributed by atoms with Crippen LogP contribution in [-0.2, 0) is 4.79 Å². The number of nitrogens with zero attached hydrogens (tertiary/aromatic N) is 2. The smallest absolute Gasteiger partial charge is 0.326 e. The molecule has 0 bridgehead atoms. The van der Waals surface area contributed by atoms with Crippen molar-refractivity contribution in [3.8, 4) is 0 Å². The van der Waals surface area contributed by atoms with Gasteiger partial charge in [-0.1, -0.05) is 13.8 Å². The highest BCUT2D eigenvalue weighted by Gasteiger charge is 2.24. The average Bonchev–Trinajstić information content (AvgIpc) is 2.78. The van der Waals surface area contributed by atoms with Crippen LogP contribution in [0.3, 0.4) is 0 Å². The predicted octanol–water partition coefficient (Wildman–Crippen LogP) is 4.20. The van der Waals surface area contributed by atoms with E-state index in [1.54, 1.807) is 6.92 Å². The zero-order valence-corrected chi connectivity index (χ0v) is 13.5. The number of carbonyl (C=O) groups is 1. The van der Waals surface area contributed by atoms with Crippen LogP contribution in [0.4, 0.5) is 0 Å². The average molecular weight is 288 g/mol. The van der Waals surface area contributed by atoms with E-state index in [-0.39, 0.29) is 0 Å². The number of rotatable bonds is 5. The van der Waals surface area contributed by atoms with Crippen LogP contribution in [0.25, 0.3) is 11.0 Å². The summed E-state index contributed by atoms with van der Waals surface area (Å²) in [5, 5.41) is 9.44. The van der Waals surface area contributed by atoms with Gasteiger partial charge in [-0.15, -0.1) is 0 Å². The number of carboxylic acids is 1. The molecular weight excluding hydrogens is 264 g/mol. The van der Waals surface area contributed by atoms with Gasteiger partial charge in [0, 0.05) is 5.92 Å². The normalized spacial score (nSPS) is 13.0. The lowest BCUT2D eigenvalue weighted by atomic mass is 10.0. The number of hydrogen-bond donors (Lipinski definition) is 1. The fourth-order valence-corrected chi connectivity index (χ4v) is 2.83. The first-order valence-electron chi connectivity index (χ1n) is 7.62. The summed E-state index contributed by atoms with van der Waals surface area (Å²) in [6.07, 6.45) is 1.92. The molecule has 21 heavy (non-hydrogen) atoms. The van der Waals surface area contributed by atoms with E-state index >= 15 is 0 Å². The Bertz CT molecular complexity index is 669. The van der Waals surface area contributed by atoms with E-state index in [2.05, 4.69) is 32.9 Å². The number of aryl methyl sites for hydroxylation is 2. The third-order valence-electron chi connectivity index (χ3n) is 4.43. The van der Waals surface area contributed by atoms with Crippen LogP contribution in [0, 0.1) is 13.8 Å². The highest BCUT2D eigenvalue weighted by atomic mass is 16.4. The molecule has 1 unspecified atom stereocenters. The predicted molar refractivity (Wildman–Crippen MR) is 84.9 cm³/mol. The van der Waals surface area contributed by atoms with Gasteiger partial charge < -0.3 is 9.67 Å². The van der Waals surface area contributed by atoms with E-state index < -0.39 is 12.0 Å². The molecule has 0 aliphatic carbocycles. The van der Waals surface area contributed by atoms with E-state index in [1.165, 1.54) is 5.56 Å². The molecule has 0 spiro atoms. The van der Waals surface area contributed by atoms with Crippen molar-refractivity contribution in [2.45, 2.75) is 59.4 Å². The van der Waals surface area contributed by atoms with Gasteiger partial charge in [-0.25, -0.2) is 9.78 Å². The topological polar surface area (TPSA) is 55.1 Å². The minimum absolute atomic E-state index is 0.291. The molecule has 0 radical (unpaired) electrons. The van der Waals surface area contributed by atoms with Gasteiger partial charge in [0.05, 0.1) is 11.0 Å². The van der Waals surface area contributed by atoms with Crippen molar-refractivity contribution in [3.05, 3.63) is 29.1 Å². The number of aliphatic carboxylic acids is 1. The Morgan fingerprint density at radius 3 is 2.33 bits per heavy atom. The maximum Gasteiger partial charge on any atom is 0.326 e. The summed E-state index contributed by atoms with van der Waals surface area (Å²) in [6.45, 7) is 10.1. The summed E-state index contributed by atoms with van der Waals surface area (Å²) >= 11 is 0. The second-order valence-corrected chi connectivity index (χ2v) is 5.79. The van der Waals surface area contributed by atoms with Gasteiger partial charge in [-0.3, -0.25) is 0 Å². The van der Waals surface area contributed by atoms with E-state index in [0.717, 1.165) is 35.3 Å². The molecule has 1 N–H and O–H groups in total. The van der Waals surface area contributed by atoms with E-state index in [1.807, 2.05) is 11.5 Å². The summed E-state index contributed by atoms with van der Waals surface area (Å²) in [4.78, 5) is 16.3. The van der Waals surface area contributed by atoms with Crippen molar-refractivity contribution in [2.75, 3.05) is 0 Å². The molecule has 4 heteroatoms. The summed E-state index contributed by atoms with van der Waals surface area (Å²) < 4.78 is 1.90. The largest absolute Gasteiger partial charge is 0.480 e. The molecule has 0 aliphatic heterocycles. The van der Waals surface area contributed by atoms with Gasteiger partial charge >= 0.3 is 5.97 Å². The molecule has 1 aromatic heterocycles. The number of carboxylic acid groups (broad SMARTS) is 1. The summed E-state index contributed by atoms with van der Waals surface area (Å²) in [5.74, 6) is 0.370. The van der Waals surface area contributed by atoms with Crippen molar-refractivity contribution in [1.29, 1.82) is 0 Å². The van der Waals surface area contributed by atoms with E-state index in [4.69, 9.17) is 4.98 Å². The van der Waals surface area contributed by atoms with Crippen molar-refractivity contribution in [3.63, 3.8) is 0 Å². The molecule has 4 nitrogen and oxygen atoms in total. The van der Waals surface area contributed by atoms with E-state index in [0.29, 0.717) is 5.92 Å². The Balaban J connectivity index is 2.77. The van der Waals surface area contributed by atoms with Gasteiger partial charge in [0.15, 0.2) is 0 Å². The first-order valence-corrected chi connectivity index (χ1v) is 7.62. The van der Waals surface area contributed by atoms with Crippen molar-refractivity contribution < 1.29 is 9.90 Å². The summed E-state index contributed by atoms with van der Waals surface area (Å²) in [6, 6.07) is 3.51. The number of aromatic nitrogens is 2. The van der Waals surface area contributed by atoms with Crippen LogP contribution in [0.1, 0.15) is 62.5 Å². The van der Waals surface area contributed by atoms with Crippen LogP contribution in [0.15, 0.2) is 12.1 Å². The monoisotopic (exact) mass is 288 g/mol. The first kappa shape index (κ1) is 15.5. The molecule has 0 aliphatic rings. The first-order chi connectivity index (χ1) is 9.90. The lowest BCUT2D eigenvalue weighted by Crippen LogP contribution is -2.19. The maximum absolute atomic E-state index is 11.5. The highest BCUT2D eigenvalue weighted by molar-refractivity contribution is 5.81. The molecule has 0 saturated heterocycles. The van der Waals surface area contributed by atoms with Gasteiger partial charge in [-0.05, 0) is 56.9 Å². The van der Waals surface area contributed by atoms with Gasteiger partial charge in [0.2, 0.25) is 0 Å². The Kier molecular flexibility index (Phi) is 4.35. The minimum Gasteiger partial charge on any atom is -0.480 e. The van der Waals surface area contributed by atoms with Gasteiger partial charge in [0.25, 0.3) is 0 Å². The zero-order valence-electron chi connectivity index (χ0n) is 13.5.